The lowest BCUT2D eigenvalue weighted by Gasteiger charge is -2.15. The molecule has 0 radical (unpaired) electrons. The number of hydrazone groups is 1. The average molecular weight is 375 g/mol. The Kier molecular flexibility index (Phi) is 3.83. The molecule has 1 aliphatic heterocycles. The predicted octanol–water partition coefficient (Wildman–Crippen LogP) is 4.06. The number of carbonyl (C=O) groups is 2. The molecule has 5 atom stereocenters. The fourth-order valence-corrected chi connectivity index (χ4v) is 5.45. The van der Waals surface area contributed by atoms with E-state index in [9.17, 15) is 9.59 Å². The number of para-hydroxylation sites is 1. The molecule has 1 saturated heterocycles. The van der Waals surface area contributed by atoms with Crippen molar-refractivity contribution < 1.29 is 9.59 Å². The van der Waals surface area contributed by atoms with Gasteiger partial charge < -0.3 is 4.57 Å². The van der Waals surface area contributed by atoms with Crippen LogP contribution in [0.2, 0.25) is 0 Å². The minimum absolute atomic E-state index is 0.133. The van der Waals surface area contributed by atoms with Gasteiger partial charge in [0.2, 0.25) is 0 Å². The zero-order chi connectivity index (χ0) is 19.6. The predicted molar refractivity (Wildman–Crippen MR) is 109 cm³/mol. The third kappa shape index (κ3) is 2.22. The first-order valence-electron chi connectivity index (χ1n) is 10.2. The van der Waals surface area contributed by atoms with Crippen LogP contribution in [-0.2, 0) is 9.59 Å². The van der Waals surface area contributed by atoms with Gasteiger partial charge in [-0.05, 0) is 44.6 Å². The molecule has 0 spiro atoms. The highest BCUT2D eigenvalue weighted by atomic mass is 16.2. The van der Waals surface area contributed by atoms with Crippen LogP contribution in [0.1, 0.15) is 44.0 Å². The number of hydrogen-bond acceptors (Lipinski definition) is 3. The third-order valence-electron chi connectivity index (χ3n) is 6.99. The summed E-state index contributed by atoms with van der Waals surface area (Å²) in [7, 11) is 0. The molecule has 5 rings (SSSR count). The van der Waals surface area contributed by atoms with Crippen LogP contribution in [0.3, 0.4) is 0 Å². The van der Waals surface area contributed by atoms with Gasteiger partial charge in [0.25, 0.3) is 11.8 Å². The summed E-state index contributed by atoms with van der Waals surface area (Å²) in [6.07, 6.45) is 7.88. The minimum Gasteiger partial charge on any atom is -0.341 e. The van der Waals surface area contributed by atoms with Gasteiger partial charge in [0, 0.05) is 28.2 Å². The molecule has 5 heteroatoms. The standard InChI is InChI=1S/C23H25N3O2/c1-4-13(2)25-14(3)18(17-7-5-6-8-19(17)25)12-24-26-22(27)20-15-9-10-16(11-15)21(20)23(26)28/h5-10,12-13,15-16,20-21H,4,11H2,1-3H3/t13-,15+,16+,20-,21+/m1/s1. The lowest BCUT2D eigenvalue weighted by atomic mass is 9.85. The van der Waals surface area contributed by atoms with Crippen LogP contribution in [0.25, 0.3) is 10.9 Å². The van der Waals surface area contributed by atoms with Crippen LogP contribution >= 0.6 is 0 Å². The Morgan fingerprint density at radius 3 is 2.43 bits per heavy atom. The number of aromatic nitrogens is 1. The van der Waals surface area contributed by atoms with Crippen LogP contribution in [-0.4, -0.2) is 27.6 Å². The van der Waals surface area contributed by atoms with E-state index in [0.717, 1.165) is 40.0 Å². The van der Waals surface area contributed by atoms with Crippen LogP contribution in [0.4, 0.5) is 0 Å². The molecule has 5 nitrogen and oxygen atoms in total. The summed E-state index contributed by atoms with van der Waals surface area (Å²) >= 11 is 0. The van der Waals surface area contributed by atoms with E-state index in [0.29, 0.717) is 6.04 Å². The SMILES string of the molecule is CC[C@@H](C)n1c(C)c(C=NN2C(=O)[C@@H]3[C@H](C2=O)[C@H]2C=C[C@H]3C2)c2ccccc21. The molecule has 0 N–H and O–H groups in total. The topological polar surface area (TPSA) is 54.7 Å². The number of hydrogen-bond donors (Lipinski definition) is 0. The minimum atomic E-state index is -0.206. The van der Waals surface area contributed by atoms with E-state index in [2.05, 4.69) is 54.7 Å². The van der Waals surface area contributed by atoms with Crippen molar-refractivity contribution in [2.45, 2.75) is 39.7 Å². The maximum absolute atomic E-state index is 12.9. The maximum Gasteiger partial charge on any atom is 0.254 e. The molecule has 144 valence electrons. The van der Waals surface area contributed by atoms with E-state index in [-0.39, 0.29) is 35.5 Å². The number of imide groups is 1. The van der Waals surface area contributed by atoms with Crippen molar-refractivity contribution in [1.29, 1.82) is 0 Å². The summed E-state index contributed by atoms with van der Waals surface area (Å²) in [5.41, 5.74) is 3.25. The summed E-state index contributed by atoms with van der Waals surface area (Å²) in [5, 5.41) is 6.65. The van der Waals surface area contributed by atoms with E-state index in [4.69, 9.17) is 0 Å². The molecular formula is C23H25N3O2. The Labute approximate surface area is 164 Å². The Bertz CT molecular complexity index is 1020. The second kappa shape index (κ2) is 6.16. The molecule has 1 aromatic carbocycles. The molecular weight excluding hydrogens is 350 g/mol. The Balaban J connectivity index is 1.53. The van der Waals surface area contributed by atoms with Gasteiger partial charge in [-0.1, -0.05) is 37.3 Å². The van der Waals surface area contributed by atoms with E-state index >= 15 is 0 Å². The van der Waals surface area contributed by atoms with Gasteiger partial charge in [0.05, 0.1) is 18.1 Å². The molecule has 2 aliphatic carbocycles. The molecule has 2 bridgehead atoms. The average Bonchev–Trinajstić information content (AvgIpc) is 3.43. The number of benzene rings is 1. The van der Waals surface area contributed by atoms with Gasteiger partial charge in [-0.25, -0.2) is 0 Å². The van der Waals surface area contributed by atoms with Crippen molar-refractivity contribution in [3.63, 3.8) is 0 Å². The van der Waals surface area contributed by atoms with E-state index in [1.165, 1.54) is 0 Å². The first-order chi connectivity index (χ1) is 13.5. The van der Waals surface area contributed by atoms with Crippen molar-refractivity contribution in [2.24, 2.45) is 28.8 Å². The Morgan fingerprint density at radius 1 is 1.14 bits per heavy atom. The molecule has 1 saturated carbocycles. The highest BCUT2D eigenvalue weighted by Gasteiger charge is 2.59. The Hall–Kier alpha value is -2.69. The first kappa shape index (κ1) is 17.4. The highest BCUT2D eigenvalue weighted by Crippen LogP contribution is 2.52. The lowest BCUT2D eigenvalue weighted by molar-refractivity contribution is -0.140. The summed E-state index contributed by atoms with van der Waals surface area (Å²) in [4.78, 5) is 25.7. The van der Waals surface area contributed by atoms with E-state index < -0.39 is 0 Å². The fourth-order valence-electron chi connectivity index (χ4n) is 5.45. The summed E-state index contributed by atoms with van der Waals surface area (Å²) in [6, 6.07) is 8.61. The molecule has 3 aliphatic rings. The van der Waals surface area contributed by atoms with Gasteiger partial charge in [-0.3, -0.25) is 9.59 Å². The Morgan fingerprint density at radius 2 is 1.79 bits per heavy atom. The van der Waals surface area contributed by atoms with Gasteiger partial charge in [-0.2, -0.15) is 10.1 Å². The molecule has 1 aromatic heterocycles. The van der Waals surface area contributed by atoms with Crippen molar-refractivity contribution in [1.82, 2.24) is 9.58 Å². The smallest absolute Gasteiger partial charge is 0.254 e. The largest absolute Gasteiger partial charge is 0.341 e. The fraction of sp³-hybridized carbons (Fsp3) is 0.435. The lowest BCUT2D eigenvalue weighted by Crippen LogP contribution is -2.28. The number of amides is 2. The molecule has 0 unspecified atom stereocenters. The zero-order valence-corrected chi connectivity index (χ0v) is 16.5. The highest BCUT2D eigenvalue weighted by molar-refractivity contribution is 6.08. The van der Waals surface area contributed by atoms with Crippen molar-refractivity contribution in [3.05, 3.63) is 47.7 Å². The monoisotopic (exact) mass is 375 g/mol. The molecule has 2 aromatic rings. The van der Waals surface area contributed by atoms with Gasteiger partial charge in [0.1, 0.15) is 0 Å². The summed E-state index contributed by atoms with van der Waals surface area (Å²) in [5.74, 6) is -0.261. The number of rotatable bonds is 4. The maximum atomic E-state index is 12.9. The quantitative estimate of drug-likeness (QED) is 0.460. The van der Waals surface area contributed by atoms with Crippen LogP contribution in [0.5, 0.6) is 0 Å². The van der Waals surface area contributed by atoms with E-state index in [1.54, 1.807) is 6.21 Å². The zero-order valence-electron chi connectivity index (χ0n) is 16.5. The van der Waals surface area contributed by atoms with Gasteiger partial charge >= 0.3 is 0 Å². The molecule has 2 fully saturated rings. The number of nitrogens with zero attached hydrogens (tertiary/aromatic N) is 3. The van der Waals surface area contributed by atoms with Gasteiger partial charge in [-0.15, -0.1) is 0 Å². The van der Waals surface area contributed by atoms with Crippen LogP contribution in [0.15, 0.2) is 41.5 Å². The number of carbonyl (C=O) groups excluding carboxylic acids is 2. The molecule has 2 heterocycles. The second-order valence-corrected chi connectivity index (χ2v) is 8.38. The van der Waals surface area contributed by atoms with Crippen molar-refractivity contribution >= 4 is 28.9 Å². The normalized spacial score (nSPS) is 29.6. The van der Waals surface area contributed by atoms with Crippen LogP contribution in [0, 0.1) is 30.6 Å². The van der Waals surface area contributed by atoms with Gasteiger partial charge in [0.15, 0.2) is 0 Å². The summed E-state index contributed by atoms with van der Waals surface area (Å²) in [6.45, 7) is 6.47. The second-order valence-electron chi connectivity index (χ2n) is 8.38. The first-order valence-corrected chi connectivity index (χ1v) is 10.2. The molecule has 28 heavy (non-hydrogen) atoms. The molecule has 2 amide bonds. The van der Waals surface area contributed by atoms with Crippen molar-refractivity contribution in [3.8, 4) is 0 Å². The summed E-state index contributed by atoms with van der Waals surface area (Å²) < 4.78 is 2.32. The third-order valence-corrected chi connectivity index (χ3v) is 6.99. The van der Waals surface area contributed by atoms with E-state index in [1.807, 2.05) is 12.1 Å². The number of fused-ring (bicyclic) bond motifs is 6. The van der Waals surface area contributed by atoms with Crippen LogP contribution < -0.4 is 0 Å². The number of allylic oxidation sites excluding steroid dienone is 2. The van der Waals surface area contributed by atoms with Crippen molar-refractivity contribution in [2.75, 3.05) is 0 Å².